The molecule has 1 N–H and O–H groups in total. The lowest BCUT2D eigenvalue weighted by molar-refractivity contribution is 0.0724. The Morgan fingerprint density at radius 2 is 1.54 bits per heavy atom. The average molecular weight is 380 g/mol. The van der Waals surface area contributed by atoms with Crippen LogP contribution in [0.25, 0.3) is 0 Å². The number of piperidine rings is 1. The molecular formula is C22H24N2O4. The van der Waals surface area contributed by atoms with Crippen LogP contribution in [0.15, 0.2) is 42.5 Å². The fraction of sp³-hybridized carbons (Fsp3) is 0.364. The van der Waals surface area contributed by atoms with E-state index in [0.29, 0.717) is 42.4 Å². The molecule has 6 heteroatoms. The molecule has 0 radical (unpaired) electrons. The molecule has 2 aromatic rings. The number of rotatable bonds is 4. The molecule has 6 nitrogen and oxygen atoms in total. The highest BCUT2D eigenvalue weighted by atomic mass is 16.6. The molecule has 2 heterocycles. The van der Waals surface area contributed by atoms with Crippen LogP contribution in [-0.2, 0) is 6.54 Å². The van der Waals surface area contributed by atoms with Crippen molar-refractivity contribution >= 4 is 11.8 Å². The first kappa shape index (κ1) is 18.3. The minimum Gasteiger partial charge on any atom is -0.486 e. The normalized spacial score (nSPS) is 15.8. The number of likely N-dealkylation sites (tertiary alicyclic amines) is 1. The van der Waals surface area contributed by atoms with E-state index in [1.165, 1.54) is 6.42 Å². The summed E-state index contributed by atoms with van der Waals surface area (Å²) in [5.41, 5.74) is 2.17. The number of hydrogen-bond acceptors (Lipinski definition) is 4. The molecule has 0 aromatic heterocycles. The van der Waals surface area contributed by atoms with Crippen molar-refractivity contribution in [2.45, 2.75) is 25.8 Å². The third-order valence-electron chi connectivity index (χ3n) is 5.10. The van der Waals surface area contributed by atoms with Gasteiger partial charge in [-0.3, -0.25) is 9.59 Å². The topological polar surface area (TPSA) is 67.9 Å². The lowest BCUT2D eigenvalue weighted by Gasteiger charge is -2.26. The molecule has 0 aliphatic carbocycles. The highest BCUT2D eigenvalue weighted by Gasteiger charge is 2.18. The molecule has 0 bridgehead atoms. The van der Waals surface area contributed by atoms with Gasteiger partial charge in [-0.25, -0.2) is 0 Å². The van der Waals surface area contributed by atoms with Crippen molar-refractivity contribution in [2.24, 2.45) is 0 Å². The zero-order valence-corrected chi connectivity index (χ0v) is 15.8. The summed E-state index contributed by atoms with van der Waals surface area (Å²) >= 11 is 0. The number of amides is 2. The number of ether oxygens (including phenoxy) is 2. The zero-order valence-electron chi connectivity index (χ0n) is 15.8. The molecule has 146 valence electrons. The van der Waals surface area contributed by atoms with E-state index in [1.54, 1.807) is 18.2 Å². The maximum atomic E-state index is 12.5. The van der Waals surface area contributed by atoms with E-state index >= 15 is 0 Å². The predicted molar refractivity (Wildman–Crippen MR) is 105 cm³/mol. The summed E-state index contributed by atoms with van der Waals surface area (Å²) < 4.78 is 11.0. The SMILES string of the molecule is O=C(NCc1ccc(C(=O)N2CCCCC2)cc1)c1ccc2c(c1)OCCO2. The third-order valence-corrected chi connectivity index (χ3v) is 5.10. The summed E-state index contributed by atoms with van der Waals surface area (Å²) in [6.07, 6.45) is 3.36. The number of benzene rings is 2. The van der Waals surface area contributed by atoms with Crippen molar-refractivity contribution in [1.29, 1.82) is 0 Å². The van der Waals surface area contributed by atoms with Gasteiger partial charge in [-0.1, -0.05) is 12.1 Å². The third kappa shape index (κ3) is 4.11. The summed E-state index contributed by atoms with van der Waals surface area (Å²) in [5.74, 6) is 1.17. The van der Waals surface area contributed by atoms with E-state index in [4.69, 9.17) is 9.47 Å². The average Bonchev–Trinajstić information content (AvgIpc) is 2.77. The van der Waals surface area contributed by atoms with E-state index in [9.17, 15) is 9.59 Å². The second kappa shape index (κ2) is 8.33. The van der Waals surface area contributed by atoms with Crippen LogP contribution < -0.4 is 14.8 Å². The van der Waals surface area contributed by atoms with Crippen molar-refractivity contribution in [2.75, 3.05) is 26.3 Å². The molecule has 1 fully saturated rings. The van der Waals surface area contributed by atoms with Crippen LogP contribution >= 0.6 is 0 Å². The van der Waals surface area contributed by atoms with E-state index in [-0.39, 0.29) is 11.8 Å². The molecule has 4 rings (SSSR count). The summed E-state index contributed by atoms with van der Waals surface area (Å²) in [6, 6.07) is 12.6. The van der Waals surface area contributed by atoms with E-state index < -0.39 is 0 Å². The standard InChI is InChI=1S/C22H24N2O4/c25-21(18-8-9-19-20(14-18)28-13-12-27-19)23-15-16-4-6-17(7-5-16)22(26)24-10-2-1-3-11-24/h4-9,14H,1-3,10-13,15H2,(H,23,25). The Kier molecular flexibility index (Phi) is 5.46. The zero-order chi connectivity index (χ0) is 19.3. The Morgan fingerprint density at radius 3 is 2.29 bits per heavy atom. The summed E-state index contributed by atoms with van der Waals surface area (Å²) in [5, 5.41) is 2.90. The monoisotopic (exact) mass is 380 g/mol. The maximum absolute atomic E-state index is 12.5. The lowest BCUT2D eigenvalue weighted by Crippen LogP contribution is -2.35. The number of nitrogens with one attached hydrogen (secondary N) is 1. The molecule has 0 unspecified atom stereocenters. The van der Waals surface area contributed by atoms with Gasteiger partial charge in [0.25, 0.3) is 11.8 Å². The Morgan fingerprint density at radius 1 is 0.857 bits per heavy atom. The van der Waals surface area contributed by atoms with Crippen LogP contribution in [-0.4, -0.2) is 43.0 Å². The number of fused-ring (bicyclic) bond motifs is 1. The Balaban J connectivity index is 1.34. The predicted octanol–water partition coefficient (Wildman–Crippen LogP) is 3.01. The molecule has 0 atom stereocenters. The molecule has 2 aliphatic rings. The number of carbonyl (C=O) groups is 2. The Labute approximate surface area is 164 Å². The fourth-order valence-electron chi connectivity index (χ4n) is 3.51. The number of nitrogens with zero attached hydrogens (tertiary/aromatic N) is 1. The van der Waals surface area contributed by atoms with Crippen molar-refractivity contribution in [1.82, 2.24) is 10.2 Å². The van der Waals surface area contributed by atoms with E-state index in [1.807, 2.05) is 29.2 Å². The highest BCUT2D eigenvalue weighted by molar-refractivity contribution is 5.95. The van der Waals surface area contributed by atoms with Crippen molar-refractivity contribution in [3.63, 3.8) is 0 Å². The Hall–Kier alpha value is -3.02. The van der Waals surface area contributed by atoms with Crippen LogP contribution in [0.4, 0.5) is 0 Å². The van der Waals surface area contributed by atoms with Gasteiger partial charge < -0.3 is 19.7 Å². The van der Waals surface area contributed by atoms with Crippen molar-refractivity contribution in [3.8, 4) is 11.5 Å². The molecule has 1 saturated heterocycles. The van der Waals surface area contributed by atoms with E-state index in [2.05, 4.69) is 5.32 Å². The second-order valence-corrected chi connectivity index (χ2v) is 7.09. The summed E-state index contributed by atoms with van der Waals surface area (Å²) in [7, 11) is 0. The van der Waals surface area contributed by atoms with Gasteiger partial charge in [-0.05, 0) is 55.2 Å². The van der Waals surface area contributed by atoms with Gasteiger partial charge in [0.1, 0.15) is 13.2 Å². The Bertz CT molecular complexity index is 857. The van der Waals surface area contributed by atoms with Gasteiger partial charge in [0.05, 0.1) is 0 Å². The van der Waals surface area contributed by atoms with Crippen LogP contribution in [0.2, 0.25) is 0 Å². The minimum absolute atomic E-state index is 0.0894. The van der Waals surface area contributed by atoms with Crippen molar-refractivity contribution in [3.05, 3.63) is 59.2 Å². The highest BCUT2D eigenvalue weighted by Crippen LogP contribution is 2.30. The van der Waals surface area contributed by atoms with Gasteiger partial charge in [0.15, 0.2) is 11.5 Å². The van der Waals surface area contributed by atoms with Crippen LogP contribution in [0.3, 0.4) is 0 Å². The fourth-order valence-corrected chi connectivity index (χ4v) is 3.51. The molecule has 2 aromatic carbocycles. The van der Waals surface area contributed by atoms with Crippen LogP contribution in [0.5, 0.6) is 11.5 Å². The first-order valence-electron chi connectivity index (χ1n) is 9.77. The summed E-state index contributed by atoms with van der Waals surface area (Å²) in [4.78, 5) is 26.8. The van der Waals surface area contributed by atoms with Crippen molar-refractivity contribution < 1.29 is 19.1 Å². The van der Waals surface area contributed by atoms with Crippen LogP contribution in [0.1, 0.15) is 45.5 Å². The molecule has 2 amide bonds. The molecular weight excluding hydrogens is 356 g/mol. The molecule has 2 aliphatic heterocycles. The maximum Gasteiger partial charge on any atom is 0.253 e. The lowest BCUT2D eigenvalue weighted by atomic mass is 10.1. The quantitative estimate of drug-likeness (QED) is 0.885. The van der Waals surface area contributed by atoms with Gasteiger partial charge in [0, 0.05) is 30.8 Å². The first-order valence-corrected chi connectivity index (χ1v) is 9.77. The van der Waals surface area contributed by atoms with Gasteiger partial charge in [0.2, 0.25) is 0 Å². The second-order valence-electron chi connectivity index (χ2n) is 7.09. The number of carbonyl (C=O) groups excluding carboxylic acids is 2. The molecule has 0 saturated carbocycles. The van der Waals surface area contributed by atoms with Crippen LogP contribution in [0, 0.1) is 0 Å². The smallest absolute Gasteiger partial charge is 0.253 e. The van der Waals surface area contributed by atoms with Gasteiger partial charge in [-0.15, -0.1) is 0 Å². The van der Waals surface area contributed by atoms with Gasteiger partial charge in [-0.2, -0.15) is 0 Å². The molecule has 28 heavy (non-hydrogen) atoms. The molecule has 0 spiro atoms. The summed E-state index contributed by atoms with van der Waals surface area (Å²) in [6.45, 7) is 3.08. The minimum atomic E-state index is -0.176. The van der Waals surface area contributed by atoms with E-state index in [0.717, 1.165) is 31.5 Å². The largest absolute Gasteiger partial charge is 0.486 e. The first-order chi connectivity index (χ1) is 13.7. The van der Waals surface area contributed by atoms with Gasteiger partial charge >= 0.3 is 0 Å². The number of hydrogen-bond donors (Lipinski definition) is 1.